The highest BCUT2D eigenvalue weighted by atomic mass is 16.5. The Kier molecular flexibility index (Phi) is 7.51. The summed E-state index contributed by atoms with van der Waals surface area (Å²) < 4.78 is 5.16. The molecule has 0 unspecified atom stereocenters. The summed E-state index contributed by atoms with van der Waals surface area (Å²) >= 11 is 0. The standard InChI is InChI=1S/C16H21N3O3/c1-3-22-8-4-7-18-16(21)13(10-17)11-19-14-6-5-12(2)9-15(14)20/h5-6,9,11,19-20H,3-4,7-8H2,1-2H3,(H,18,21)/b13-11-. The lowest BCUT2D eigenvalue weighted by Gasteiger charge is -2.07. The van der Waals surface area contributed by atoms with Crippen molar-refractivity contribution >= 4 is 11.6 Å². The number of nitriles is 1. The molecule has 0 aliphatic heterocycles. The highest BCUT2D eigenvalue weighted by Gasteiger charge is 2.08. The molecule has 0 saturated carbocycles. The maximum atomic E-state index is 11.8. The molecule has 0 aliphatic rings. The van der Waals surface area contributed by atoms with E-state index in [0.29, 0.717) is 31.9 Å². The van der Waals surface area contributed by atoms with Gasteiger partial charge in [-0.2, -0.15) is 5.26 Å². The van der Waals surface area contributed by atoms with E-state index in [9.17, 15) is 9.90 Å². The van der Waals surface area contributed by atoms with Gasteiger partial charge >= 0.3 is 0 Å². The monoisotopic (exact) mass is 303 g/mol. The molecule has 1 rings (SSSR count). The molecule has 0 spiro atoms. The molecule has 0 radical (unpaired) electrons. The number of phenols is 1. The second-order valence-electron chi connectivity index (χ2n) is 4.64. The lowest BCUT2D eigenvalue weighted by atomic mass is 10.2. The Balaban J connectivity index is 2.55. The van der Waals surface area contributed by atoms with Crippen LogP contribution < -0.4 is 10.6 Å². The number of hydrogen-bond acceptors (Lipinski definition) is 5. The first kappa shape index (κ1) is 17.5. The lowest BCUT2D eigenvalue weighted by Crippen LogP contribution is -2.26. The third-order valence-corrected chi connectivity index (χ3v) is 2.85. The normalized spacial score (nSPS) is 10.9. The van der Waals surface area contributed by atoms with Crippen LogP contribution >= 0.6 is 0 Å². The number of aromatic hydroxyl groups is 1. The number of benzene rings is 1. The van der Waals surface area contributed by atoms with Crippen molar-refractivity contribution in [2.45, 2.75) is 20.3 Å². The minimum absolute atomic E-state index is 0.0589. The summed E-state index contributed by atoms with van der Waals surface area (Å²) in [6, 6.07) is 6.91. The molecule has 0 aromatic heterocycles. The van der Waals surface area contributed by atoms with E-state index in [1.54, 1.807) is 12.1 Å². The van der Waals surface area contributed by atoms with Crippen molar-refractivity contribution in [2.24, 2.45) is 0 Å². The quantitative estimate of drug-likeness (QED) is 0.296. The van der Waals surface area contributed by atoms with E-state index in [-0.39, 0.29) is 11.3 Å². The zero-order valence-electron chi connectivity index (χ0n) is 12.8. The van der Waals surface area contributed by atoms with Gasteiger partial charge in [-0.1, -0.05) is 6.07 Å². The maximum absolute atomic E-state index is 11.8. The Morgan fingerprint density at radius 2 is 2.27 bits per heavy atom. The van der Waals surface area contributed by atoms with Crippen molar-refractivity contribution in [2.75, 3.05) is 25.1 Å². The number of amides is 1. The van der Waals surface area contributed by atoms with Gasteiger partial charge in [0.05, 0.1) is 5.69 Å². The van der Waals surface area contributed by atoms with Gasteiger partial charge < -0.3 is 20.5 Å². The van der Waals surface area contributed by atoms with Gasteiger partial charge in [-0.3, -0.25) is 4.79 Å². The van der Waals surface area contributed by atoms with Gasteiger partial charge in [0, 0.05) is 26.0 Å². The van der Waals surface area contributed by atoms with Crippen molar-refractivity contribution < 1.29 is 14.6 Å². The summed E-state index contributed by atoms with van der Waals surface area (Å²) in [6.45, 7) is 5.41. The van der Waals surface area contributed by atoms with Crippen LogP contribution in [0.25, 0.3) is 0 Å². The number of hydrogen-bond donors (Lipinski definition) is 3. The fraction of sp³-hybridized carbons (Fsp3) is 0.375. The zero-order chi connectivity index (χ0) is 16.4. The number of nitrogens with zero attached hydrogens (tertiary/aromatic N) is 1. The molecule has 118 valence electrons. The number of anilines is 1. The summed E-state index contributed by atoms with van der Waals surface area (Å²) in [5.74, 6) is -0.399. The summed E-state index contributed by atoms with van der Waals surface area (Å²) in [5.41, 5.74) is 1.29. The number of phenolic OH excluding ortho intramolecular Hbond substituents is 1. The van der Waals surface area contributed by atoms with Crippen LogP contribution in [0.1, 0.15) is 18.9 Å². The van der Waals surface area contributed by atoms with Gasteiger partial charge in [-0.25, -0.2) is 0 Å². The van der Waals surface area contributed by atoms with Gasteiger partial charge in [0.25, 0.3) is 5.91 Å². The second kappa shape index (κ2) is 9.42. The van der Waals surface area contributed by atoms with Crippen LogP contribution in [0.3, 0.4) is 0 Å². The average Bonchev–Trinajstić information content (AvgIpc) is 2.49. The Morgan fingerprint density at radius 1 is 1.50 bits per heavy atom. The van der Waals surface area contributed by atoms with Crippen LogP contribution in [0.5, 0.6) is 5.75 Å². The molecular formula is C16H21N3O3. The molecule has 3 N–H and O–H groups in total. The van der Waals surface area contributed by atoms with E-state index in [1.807, 2.05) is 26.0 Å². The van der Waals surface area contributed by atoms with Crippen molar-refractivity contribution in [1.29, 1.82) is 5.26 Å². The molecule has 0 atom stereocenters. The Morgan fingerprint density at radius 3 is 2.91 bits per heavy atom. The predicted molar refractivity (Wildman–Crippen MR) is 84.3 cm³/mol. The molecule has 0 fully saturated rings. The highest BCUT2D eigenvalue weighted by molar-refractivity contribution is 5.97. The van der Waals surface area contributed by atoms with Crippen LogP contribution in [0.4, 0.5) is 5.69 Å². The van der Waals surface area contributed by atoms with Crippen molar-refractivity contribution in [1.82, 2.24) is 5.32 Å². The molecule has 0 aliphatic carbocycles. The molecule has 6 nitrogen and oxygen atoms in total. The largest absolute Gasteiger partial charge is 0.506 e. The minimum atomic E-state index is -0.460. The first-order chi connectivity index (χ1) is 10.6. The van der Waals surface area contributed by atoms with E-state index in [0.717, 1.165) is 5.56 Å². The van der Waals surface area contributed by atoms with Gasteiger partial charge in [-0.15, -0.1) is 0 Å². The number of carbonyl (C=O) groups is 1. The third-order valence-electron chi connectivity index (χ3n) is 2.85. The molecule has 1 aromatic carbocycles. The van der Waals surface area contributed by atoms with Crippen LogP contribution in [0.15, 0.2) is 30.0 Å². The number of nitrogens with one attached hydrogen (secondary N) is 2. The Bertz CT molecular complexity index is 576. The Labute approximate surface area is 130 Å². The number of rotatable bonds is 8. The van der Waals surface area contributed by atoms with Crippen LogP contribution in [-0.4, -0.2) is 30.8 Å². The summed E-state index contributed by atoms with van der Waals surface area (Å²) in [4.78, 5) is 11.8. The van der Waals surface area contributed by atoms with Gasteiger partial charge in [0.15, 0.2) is 0 Å². The van der Waals surface area contributed by atoms with Crippen molar-refractivity contribution in [3.05, 3.63) is 35.5 Å². The fourth-order valence-electron chi connectivity index (χ4n) is 1.68. The first-order valence-corrected chi connectivity index (χ1v) is 7.10. The third kappa shape index (κ3) is 5.85. The van der Waals surface area contributed by atoms with E-state index in [1.165, 1.54) is 6.20 Å². The summed E-state index contributed by atoms with van der Waals surface area (Å²) in [6.07, 6.45) is 1.97. The van der Waals surface area contributed by atoms with E-state index < -0.39 is 5.91 Å². The molecule has 1 amide bonds. The first-order valence-electron chi connectivity index (χ1n) is 7.10. The minimum Gasteiger partial charge on any atom is -0.506 e. The van der Waals surface area contributed by atoms with E-state index in [2.05, 4.69) is 10.6 Å². The zero-order valence-corrected chi connectivity index (χ0v) is 12.8. The predicted octanol–water partition coefficient (Wildman–Crippen LogP) is 2.06. The molecule has 6 heteroatoms. The molecule has 0 bridgehead atoms. The van der Waals surface area contributed by atoms with Gasteiger partial charge in [0.1, 0.15) is 17.4 Å². The maximum Gasteiger partial charge on any atom is 0.263 e. The number of ether oxygens (including phenoxy) is 1. The molecule has 22 heavy (non-hydrogen) atoms. The fourth-order valence-corrected chi connectivity index (χ4v) is 1.68. The summed E-state index contributed by atoms with van der Waals surface area (Å²) in [7, 11) is 0. The topological polar surface area (TPSA) is 94.4 Å². The lowest BCUT2D eigenvalue weighted by molar-refractivity contribution is -0.117. The second-order valence-corrected chi connectivity index (χ2v) is 4.64. The van der Waals surface area contributed by atoms with E-state index >= 15 is 0 Å². The SMILES string of the molecule is CCOCCCNC(=O)/C(C#N)=C\Nc1ccc(C)cc1O. The average molecular weight is 303 g/mol. The van der Waals surface area contributed by atoms with E-state index in [4.69, 9.17) is 10.00 Å². The molecule has 0 saturated heterocycles. The van der Waals surface area contributed by atoms with Crippen molar-refractivity contribution in [3.8, 4) is 11.8 Å². The molecule has 0 heterocycles. The Hall–Kier alpha value is -2.52. The smallest absolute Gasteiger partial charge is 0.263 e. The van der Waals surface area contributed by atoms with Gasteiger partial charge in [0.2, 0.25) is 0 Å². The number of aryl methyl sites for hydroxylation is 1. The van der Waals surface area contributed by atoms with Crippen molar-refractivity contribution in [3.63, 3.8) is 0 Å². The van der Waals surface area contributed by atoms with Crippen LogP contribution in [0.2, 0.25) is 0 Å². The number of carbonyl (C=O) groups excluding carboxylic acids is 1. The van der Waals surface area contributed by atoms with Crippen LogP contribution in [0, 0.1) is 18.3 Å². The highest BCUT2D eigenvalue weighted by Crippen LogP contribution is 2.23. The van der Waals surface area contributed by atoms with Crippen LogP contribution in [-0.2, 0) is 9.53 Å². The summed E-state index contributed by atoms with van der Waals surface area (Å²) in [5, 5.41) is 24.2. The molecule has 1 aromatic rings. The van der Waals surface area contributed by atoms with Gasteiger partial charge in [-0.05, 0) is 38.0 Å². The molecular weight excluding hydrogens is 282 g/mol.